The number of amides is 1. The number of halogens is 5. The van der Waals surface area contributed by atoms with Gasteiger partial charge >= 0.3 is 5.97 Å². The van der Waals surface area contributed by atoms with Gasteiger partial charge in [-0.15, -0.1) is 0 Å². The number of carbonyl (C=O) groups is 2. The molecule has 0 fully saturated rings. The summed E-state index contributed by atoms with van der Waals surface area (Å²) in [6.07, 6.45) is -1.06. The lowest BCUT2D eigenvalue weighted by atomic mass is 10.2. The van der Waals surface area contributed by atoms with Crippen LogP contribution in [0.15, 0.2) is 0 Å². The number of rotatable bonds is 12. The van der Waals surface area contributed by atoms with Crippen LogP contribution in [-0.4, -0.2) is 51.4 Å². The molecule has 1 rings (SSSR count). The molecule has 0 spiro atoms. The van der Waals surface area contributed by atoms with Gasteiger partial charge in [0, 0.05) is 19.5 Å². The van der Waals surface area contributed by atoms with Gasteiger partial charge in [-0.25, -0.2) is 13.2 Å². The van der Waals surface area contributed by atoms with Crippen molar-refractivity contribution >= 4 is 11.9 Å². The molecule has 1 amide bonds. The van der Waals surface area contributed by atoms with Gasteiger partial charge in [-0.3, -0.25) is 9.59 Å². The second kappa shape index (κ2) is 12.2. The van der Waals surface area contributed by atoms with Gasteiger partial charge < -0.3 is 25.3 Å². The Morgan fingerprint density at radius 3 is 1.89 bits per heavy atom. The van der Waals surface area contributed by atoms with Crippen LogP contribution in [0.3, 0.4) is 0 Å². The Hall–Kier alpha value is -2.31. The van der Waals surface area contributed by atoms with E-state index in [0.717, 1.165) is 0 Å². The van der Waals surface area contributed by atoms with Crippen LogP contribution >= 0.6 is 0 Å². The Balaban J connectivity index is 2.33. The molecule has 1 aromatic carbocycles. The predicted molar refractivity (Wildman–Crippen MR) is 84.8 cm³/mol. The van der Waals surface area contributed by atoms with Crippen molar-refractivity contribution in [3.8, 4) is 5.75 Å². The van der Waals surface area contributed by atoms with Gasteiger partial charge in [-0.2, -0.15) is 8.78 Å². The monoisotopic (exact) mass is 414 g/mol. The summed E-state index contributed by atoms with van der Waals surface area (Å²) in [5, 5.41) is 2.40. The first-order valence-corrected chi connectivity index (χ1v) is 8.14. The van der Waals surface area contributed by atoms with Crippen molar-refractivity contribution in [2.45, 2.75) is 12.8 Å². The quantitative estimate of drug-likeness (QED) is 0.133. The summed E-state index contributed by atoms with van der Waals surface area (Å²) < 4.78 is 80.1. The number of benzene rings is 1. The van der Waals surface area contributed by atoms with Crippen molar-refractivity contribution < 1.29 is 45.8 Å². The molecule has 7 nitrogen and oxygen atoms in total. The third-order valence-corrected chi connectivity index (χ3v) is 3.14. The van der Waals surface area contributed by atoms with Crippen LogP contribution in [0.5, 0.6) is 5.75 Å². The highest BCUT2D eigenvalue weighted by atomic mass is 19.2. The van der Waals surface area contributed by atoms with Crippen LogP contribution in [-0.2, 0) is 19.1 Å². The van der Waals surface area contributed by atoms with E-state index in [2.05, 4.69) is 10.1 Å². The molecule has 0 heterocycles. The number of hydrogen-bond donors (Lipinski definition) is 2. The zero-order valence-corrected chi connectivity index (χ0v) is 14.7. The van der Waals surface area contributed by atoms with Crippen LogP contribution in [0, 0.1) is 29.1 Å². The number of nitrogens with two attached hydrogens (primary N) is 1. The topological polar surface area (TPSA) is 99.9 Å². The minimum Gasteiger partial charge on any atom is -0.420 e. The standard InChI is InChI=1S/C16H19F5N2O5/c17-11-12(18)14(20)16(15(21)13(11)19)28-10(25)2-1-9(24)23-4-6-27-8-7-26-5-3-22/h1-8,22H2,(H,23,24). The summed E-state index contributed by atoms with van der Waals surface area (Å²) in [4.78, 5) is 23.0. The molecule has 0 saturated heterocycles. The highest BCUT2D eigenvalue weighted by Crippen LogP contribution is 2.29. The number of ether oxygens (including phenoxy) is 3. The molecule has 0 radical (unpaired) electrons. The zero-order valence-electron chi connectivity index (χ0n) is 14.7. The molecule has 0 unspecified atom stereocenters. The van der Waals surface area contributed by atoms with Crippen LogP contribution in [0.1, 0.15) is 12.8 Å². The average Bonchev–Trinajstić information content (AvgIpc) is 2.68. The van der Waals surface area contributed by atoms with E-state index in [-0.39, 0.29) is 13.2 Å². The molecule has 0 aliphatic heterocycles. The molecule has 0 saturated carbocycles. The molecule has 0 atom stereocenters. The number of nitrogens with one attached hydrogen (secondary N) is 1. The van der Waals surface area contributed by atoms with Crippen molar-refractivity contribution in [3.63, 3.8) is 0 Å². The fourth-order valence-corrected chi connectivity index (χ4v) is 1.81. The number of esters is 1. The van der Waals surface area contributed by atoms with Gasteiger partial charge in [0.2, 0.25) is 40.7 Å². The van der Waals surface area contributed by atoms with Gasteiger partial charge in [-0.1, -0.05) is 0 Å². The summed E-state index contributed by atoms with van der Waals surface area (Å²) in [6, 6.07) is 0. The molecule has 0 aliphatic rings. The average molecular weight is 414 g/mol. The molecule has 1 aromatic rings. The molecule has 12 heteroatoms. The van der Waals surface area contributed by atoms with Gasteiger partial charge in [0.05, 0.1) is 32.8 Å². The minimum atomic E-state index is -2.37. The summed E-state index contributed by atoms with van der Waals surface area (Å²) >= 11 is 0. The van der Waals surface area contributed by atoms with E-state index in [1.807, 2.05) is 0 Å². The molecular formula is C16H19F5N2O5. The van der Waals surface area contributed by atoms with E-state index < -0.39 is 59.6 Å². The van der Waals surface area contributed by atoms with Crippen LogP contribution < -0.4 is 15.8 Å². The fourth-order valence-electron chi connectivity index (χ4n) is 1.81. The number of hydrogen-bond acceptors (Lipinski definition) is 6. The fraction of sp³-hybridized carbons (Fsp3) is 0.500. The second-order valence-electron chi connectivity index (χ2n) is 5.24. The molecule has 158 valence electrons. The molecule has 0 aromatic heterocycles. The highest BCUT2D eigenvalue weighted by molar-refractivity contribution is 5.82. The normalized spacial score (nSPS) is 10.8. The van der Waals surface area contributed by atoms with E-state index in [4.69, 9.17) is 15.2 Å². The van der Waals surface area contributed by atoms with Crippen LogP contribution in [0.25, 0.3) is 0 Å². The lowest BCUT2D eigenvalue weighted by Gasteiger charge is -2.09. The lowest BCUT2D eigenvalue weighted by Crippen LogP contribution is -2.28. The summed E-state index contributed by atoms with van der Waals surface area (Å²) in [5.74, 6) is -15.1. The Morgan fingerprint density at radius 2 is 1.32 bits per heavy atom. The van der Waals surface area contributed by atoms with E-state index in [1.54, 1.807) is 0 Å². The minimum absolute atomic E-state index is 0.127. The maximum Gasteiger partial charge on any atom is 0.311 e. The van der Waals surface area contributed by atoms with Crippen LogP contribution in [0.2, 0.25) is 0 Å². The Labute approximate surface area is 156 Å². The van der Waals surface area contributed by atoms with Gasteiger partial charge in [-0.05, 0) is 0 Å². The first-order valence-electron chi connectivity index (χ1n) is 8.14. The summed E-state index contributed by atoms with van der Waals surface area (Å²) in [7, 11) is 0. The molecular weight excluding hydrogens is 395 g/mol. The molecule has 0 bridgehead atoms. The first-order chi connectivity index (χ1) is 13.3. The predicted octanol–water partition coefficient (Wildman–Crippen LogP) is 1.18. The van der Waals surface area contributed by atoms with E-state index in [9.17, 15) is 31.5 Å². The van der Waals surface area contributed by atoms with Gasteiger partial charge in [0.25, 0.3) is 0 Å². The second-order valence-corrected chi connectivity index (χ2v) is 5.24. The third kappa shape index (κ3) is 7.37. The van der Waals surface area contributed by atoms with Crippen molar-refractivity contribution in [1.82, 2.24) is 5.32 Å². The Kier molecular flexibility index (Phi) is 10.3. The van der Waals surface area contributed by atoms with E-state index >= 15 is 0 Å². The molecule has 0 aliphatic carbocycles. The Morgan fingerprint density at radius 1 is 0.786 bits per heavy atom. The van der Waals surface area contributed by atoms with E-state index in [0.29, 0.717) is 26.4 Å². The Bertz CT molecular complexity index is 661. The third-order valence-electron chi connectivity index (χ3n) is 3.14. The summed E-state index contributed by atoms with van der Waals surface area (Å²) in [5.41, 5.74) is 5.22. The maximum absolute atomic E-state index is 13.4. The SMILES string of the molecule is NCCOCCOCCNC(=O)CCC(=O)Oc1c(F)c(F)c(F)c(F)c1F. The lowest BCUT2D eigenvalue weighted by molar-refractivity contribution is -0.136. The van der Waals surface area contributed by atoms with Crippen molar-refractivity contribution in [1.29, 1.82) is 0 Å². The maximum atomic E-state index is 13.4. The van der Waals surface area contributed by atoms with Crippen molar-refractivity contribution in [2.75, 3.05) is 39.5 Å². The zero-order chi connectivity index (χ0) is 21.1. The molecule has 3 N–H and O–H groups in total. The number of carbonyl (C=O) groups excluding carboxylic acids is 2. The van der Waals surface area contributed by atoms with Gasteiger partial charge in [0.15, 0.2) is 0 Å². The van der Waals surface area contributed by atoms with Gasteiger partial charge in [0.1, 0.15) is 0 Å². The smallest absolute Gasteiger partial charge is 0.311 e. The van der Waals surface area contributed by atoms with Crippen LogP contribution in [0.4, 0.5) is 22.0 Å². The summed E-state index contributed by atoms with van der Waals surface area (Å²) in [6.45, 7) is 1.73. The highest BCUT2D eigenvalue weighted by Gasteiger charge is 2.28. The molecule has 28 heavy (non-hydrogen) atoms. The first kappa shape index (κ1) is 23.7. The van der Waals surface area contributed by atoms with E-state index in [1.165, 1.54) is 0 Å². The van der Waals surface area contributed by atoms with Crippen molar-refractivity contribution in [2.24, 2.45) is 5.73 Å². The largest absolute Gasteiger partial charge is 0.420 e. The van der Waals surface area contributed by atoms with Crippen molar-refractivity contribution in [3.05, 3.63) is 29.1 Å².